The lowest BCUT2D eigenvalue weighted by Crippen LogP contribution is -2.54. The van der Waals surface area contributed by atoms with Crippen LogP contribution in [0.15, 0.2) is 0 Å². The van der Waals surface area contributed by atoms with E-state index in [1.807, 2.05) is 0 Å². The van der Waals surface area contributed by atoms with Crippen LogP contribution in [0.5, 0.6) is 0 Å². The molecule has 3 N–H and O–H groups in total. The van der Waals surface area contributed by atoms with Gasteiger partial charge < -0.3 is 15.8 Å². The normalized spacial score (nSPS) is 25.9. The molecule has 2 rings (SSSR count). The molecule has 0 radical (unpaired) electrons. The molecule has 0 bridgehead atoms. The van der Waals surface area contributed by atoms with E-state index in [-0.39, 0.29) is 17.5 Å². The Balaban J connectivity index is 1.81. The van der Waals surface area contributed by atoms with E-state index < -0.39 is 0 Å². The second-order valence-corrected chi connectivity index (χ2v) is 6.04. The van der Waals surface area contributed by atoms with Gasteiger partial charge in [-0.3, -0.25) is 9.69 Å². The second kappa shape index (κ2) is 5.55. The zero-order valence-electron chi connectivity index (χ0n) is 11.4. The number of ether oxygens (including phenoxy) is 1. The summed E-state index contributed by atoms with van der Waals surface area (Å²) in [6.45, 7) is 7.72. The highest BCUT2D eigenvalue weighted by Gasteiger charge is 2.32. The number of morpholine rings is 1. The van der Waals surface area contributed by atoms with Gasteiger partial charge in [0.25, 0.3) is 0 Å². The van der Waals surface area contributed by atoms with Gasteiger partial charge in [0, 0.05) is 24.7 Å². The molecule has 0 aromatic carbocycles. The van der Waals surface area contributed by atoms with E-state index in [4.69, 9.17) is 10.5 Å². The van der Waals surface area contributed by atoms with E-state index in [9.17, 15) is 4.79 Å². The Bertz CT molecular complexity index is 303. The van der Waals surface area contributed by atoms with Gasteiger partial charge in [-0.15, -0.1) is 0 Å². The summed E-state index contributed by atoms with van der Waals surface area (Å²) in [5, 5.41) is 3.32. The smallest absolute Gasteiger partial charge is 0.234 e. The fraction of sp³-hybridized carbons (Fsp3) is 0.923. The molecule has 2 fully saturated rings. The Labute approximate surface area is 109 Å². The van der Waals surface area contributed by atoms with Crippen molar-refractivity contribution in [3.05, 3.63) is 0 Å². The summed E-state index contributed by atoms with van der Waals surface area (Å²) in [5.41, 5.74) is 5.51. The molecule has 104 valence electrons. The van der Waals surface area contributed by atoms with E-state index >= 15 is 0 Å². The summed E-state index contributed by atoms with van der Waals surface area (Å²) >= 11 is 0. The van der Waals surface area contributed by atoms with Crippen LogP contribution in [0.2, 0.25) is 0 Å². The molecular formula is C13H25N3O2. The van der Waals surface area contributed by atoms with Crippen LogP contribution in [0.25, 0.3) is 0 Å². The van der Waals surface area contributed by atoms with E-state index in [2.05, 4.69) is 24.1 Å². The third kappa shape index (κ3) is 3.67. The fourth-order valence-electron chi connectivity index (χ4n) is 2.43. The van der Waals surface area contributed by atoms with Crippen molar-refractivity contribution in [2.45, 2.75) is 50.7 Å². The molecule has 18 heavy (non-hydrogen) atoms. The molecule has 1 heterocycles. The molecular weight excluding hydrogens is 230 g/mol. The number of carbonyl (C=O) groups is 1. The van der Waals surface area contributed by atoms with Crippen molar-refractivity contribution in [1.82, 2.24) is 10.2 Å². The number of carbonyl (C=O) groups excluding carboxylic acids is 1. The minimum Gasteiger partial charge on any atom is -0.378 e. The number of nitrogens with one attached hydrogen (secondary N) is 1. The van der Waals surface area contributed by atoms with E-state index in [0.717, 1.165) is 32.7 Å². The molecule has 5 nitrogen and oxygen atoms in total. The number of hydrogen-bond donors (Lipinski definition) is 2. The molecule has 5 heteroatoms. The lowest BCUT2D eigenvalue weighted by atomic mass is 10.0. The van der Waals surface area contributed by atoms with Gasteiger partial charge >= 0.3 is 0 Å². The van der Waals surface area contributed by atoms with Crippen LogP contribution in [0.3, 0.4) is 0 Å². The first kappa shape index (κ1) is 13.8. The summed E-state index contributed by atoms with van der Waals surface area (Å²) in [4.78, 5) is 13.8. The van der Waals surface area contributed by atoms with Gasteiger partial charge in [-0.2, -0.15) is 0 Å². The van der Waals surface area contributed by atoms with Crippen molar-refractivity contribution in [2.24, 2.45) is 5.73 Å². The average molecular weight is 255 g/mol. The van der Waals surface area contributed by atoms with Crippen molar-refractivity contribution in [3.8, 4) is 0 Å². The monoisotopic (exact) mass is 255 g/mol. The van der Waals surface area contributed by atoms with Crippen LogP contribution in [-0.4, -0.2) is 54.7 Å². The minimum atomic E-state index is -0.229. The van der Waals surface area contributed by atoms with Crippen LogP contribution in [0, 0.1) is 0 Å². The Morgan fingerprint density at radius 2 is 2.28 bits per heavy atom. The molecule has 1 saturated heterocycles. The Hall–Kier alpha value is -0.650. The average Bonchev–Trinajstić information content (AvgIpc) is 3.08. The highest BCUT2D eigenvalue weighted by atomic mass is 16.5. The first-order valence-electron chi connectivity index (χ1n) is 6.87. The van der Waals surface area contributed by atoms with E-state index in [0.29, 0.717) is 6.04 Å². The van der Waals surface area contributed by atoms with Gasteiger partial charge in [-0.05, 0) is 33.1 Å². The summed E-state index contributed by atoms with van der Waals surface area (Å²) in [6.07, 6.45) is 3.13. The molecule has 1 saturated carbocycles. The SMILES string of the molecule is CC1(C)COCCN1CCC(NC1CC1)C(N)=O. The summed E-state index contributed by atoms with van der Waals surface area (Å²) in [7, 11) is 0. The third-order valence-corrected chi connectivity index (χ3v) is 3.86. The topological polar surface area (TPSA) is 67.6 Å². The molecule has 1 atom stereocenters. The zero-order chi connectivity index (χ0) is 13.2. The zero-order valence-corrected chi connectivity index (χ0v) is 11.4. The molecule has 0 aromatic heterocycles. The van der Waals surface area contributed by atoms with Crippen molar-refractivity contribution >= 4 is 5.91 Å². The number of hydrogen-bond acceptors (Lipinski definition) is 4. The van der Waals surface area contributed by atoms with Crippen molar-refractivity contribution in [2.75, 3.05) is 26.3 Å². The Morgan fingerprint density at radius 3 is 2.83 bits per heavy atom. The van der Waals surface area contributed by atoms with Gasteiger partial charge in [-0.25, -0.2) is 0 Å². The van der Waals surface area contributed by atoms with Crippen molar-refractivity contribution in [3.63, 3.8) is 0 Å². The van der Waals surface area contributed by atoms with Crippen molar-refractivity contribution < 1.29 is 9.53 Å². The first-order valence-corrected chi connectivity index (χ1v) is 6.87. The van der Waals surface area contributed by atoms with E-state index in [1.54, 1.807) is 0 Å². The predicted molar refractivity (Wildman–Crippen MR) is 70.2 cm³/mol. The maximum absolute atomic E-state index is 11.4. The van der Waals surface area contributed by atoms with Gasteiger partial charge in [-0.1, -0.05) is 0 Å². The summed E-state index contributed by atoms with van der Waals surface area (Å²) in [5.74, 6) is -0.229. The van der Waals surface area contributed by atoms with Crippen LogP contribution in [0.1, 0.15) is 33.1 Å². The lowest BCUT2D eigenvalue weighted by Gasteiger charge is -2.42. The number of rotatable bonds is 6. The maximum Gasteiger partial charge on any atom is 0.234 e. The molecule has 1 aliphatic heterocycles. The lowest BCUT2D eigenvalue weighted by molar-refractivity contribution is -0.120. The third-order valence-electron chi connectivity index (χ3n) is 3.86. The largest absolute Gasteiger partial charge is 0.378 e. The molecule has 0 aromatic rings. The highest BCUT2D eigenvalue weighted by Crippen LogP contribution is 2.22. The minimum absolute atomic E-state index is 0.0556. The maximum atomic E-state index is 11.4. The molecule has 0 spiro atoms. The van der Waals surface area contributed by atoms with Crippen LogP contribution >= 0.6 is 0 Å². The van der Waals surface area contributed by atoms with Crippen LogP contribution < -0.4 is 11.1 Å². The number of amides is 1. The van der Waals surface area contributed by atoms with Crippen molar-refractivity contribution in [1.29, 1.82) is 0 Å². The highest BCUT2D eigenvalue weighted by molar-refractivity contribution is 5.79. The second-order valence-electron chi connectivity index (χ2n) is 6.04. The first-order chi connectivity index (χ1) is 8.49. The van der Waals surface area contributed by atoms with Gasteiger partial charge in [0.15, 0.2) is 0 Å². The van der Waals surface area contributed by atoms with E-state index in [1.165, 1.54) is 12.8 Å². The molecule has 1 amide bonds. The number of nitrogens with zero attached hydrogens (tertiary/aromatic N) is 1. The predicted octanol–water partition coefficient (Wildman–Crippen LogP) is 0.0932. The number of nitrogens with two attached hydrogens (primary N) is 1. The molecule has 1 aliphatic carbocycles. The van der Waals surface area contributed by atoms with Gasteiger partial charge in [0.05, 0.1) is 19.3 Å². The quantitative estimate of drug-likeness (QED) is 0.706. The van der Waals surface area contributed by atoms with Crippen LogP contribution in [-0.2, 0) is 9.53 Å². The van der Waals surface area contributed by atoms with Gasteiger partial charge in [0.1, 0.15) is 0 Å². The molecule has 2 aliphatic rings. The Kier molecular flexibility index (Phi) is 4.25. The summed E-state index contributed by atoms with van der Waals surface area (Å²) in [6, 6.07) is 0.330. The fourth-order valence-corrected chi connectivity index (χ4v) is 2.43. The van der Waals surface area contributed by atoms with Gasteiger partial charge in [0.2, 0.25) is 5.91 Å². The number of primary amides is 1. The van der Waals surface area contributed by atoms with Crippen LogP contribution in [0.4, 0.5) is 0 Å². The Morgan fingerprint density at radius 1 is 1.56 bits per heavy atom. The summed E-state index contributed by atoms with van der Waals surface area (Å²) < 4.78 is 5.49. The molecule has 1 unspecified atom stereocenters. The standard InChI is InChI=1S/C13H25N3O2/c1-13(2)9-18-8-7-16(13)6-5-11(12(14)17)15-10-3-4-10/h10-11,15H,3-9H2,1-2H3,(H2,14,17).